The Morgan fingerprint density at radius 3 is 2.61 bits per heavy atom. The Kier molecular flexibility index (Phi) is 6.95. The molecule has 134 valence electrons. The highest BCUT2D eigenvalue weighted by Crippen LogP contribution is 2.31. The van der Waals surface area contributed by atoms with Gasteiger partial charge in [-0.25, -0.2) is 4.72 Å². The van der Waals surface area contributed by atoms with E-state index < -0.39 is 34.8 Å². The Balaban J connectivity index is 2.81. The number of nitrogens with zero attached hydrogens (tertiary/aromatic N) is 1. The Bertz CT molecular complexity index is 517. The van der Waals surface area contributed by atoms with E-state index in [0.717, 1.165) is 4.31 Å². The predicted octanol–water partition coefficient (Wildman–Crippen LogP) is -2.87. The first-order valence-electron chi connectivity index (χ1n) is 7.37. The molecule has 0 aromatic rings. The lowest BCUT2D eigenvalue weighted by Crippen LogP contribution is -2.55. The SMILES string of the molecule is C[C@H](N)CNS(=O)(=O)N1C[C@@H](CCCB(O)O)[C@](N)(C(=O)O)C1. The quantitative estimate of drug-likeness (QED) is 0.240. The maximum absolute atomic E-state index is 12.2. The van der Waals surface area contributed by atoms with Gasteiger partial charge in [0.15, 0.2) is 0 Å². The Hall–Kier alpha value is -0.755. The minimum atomic E-state index is -3.87. The first-order valence-corrected chi connectivity index (χ1v) is 8.81. The van der Waals surface area contributed by atoms with Gasteiger partial charge in [0.1, 0.15) is 5.54 Å². The summed E-state index contributed by atoms with van der Waals surface area (Å²) in [7, 11) is -5.36. The number of hydrogen-bond donors (Lipinski definition) is 6. The molecule has 10 nitrogen and oxygen atoms in total. The van der Waals surface area contributed by atoms with Gasteiger partial charge in [0.2, 0.25) is 0 Å². The number of hydrogen-bond acceptors (Lipinski definition) is 7. The zero-order valence-corrected chi connectivity index (χ0v) is 13.9. The maximum Gasteiger partial charge on any atom is 0.451 e. The molecular weight excluding hydrogens is 327 g/mol. The van der Waals surface area contributed by atoms with E-state index in [1.807, 2.05) is 0 Å². The molecule has 0 spiro atoms. The van der Waals surface area contributed by atoms with Crippen molar-refractivity contribution in [3.63, 3.8) is 0 Å². The van der Waals surface area contributed by atoms with E-state index in [0.29, 0.717) is 6.42 Å². The van der Waals surface area contributed by atoms with E-state index in [-0.39, 0.29) is 38.4 Å². The van der Waals surface area contributed by atoms with Crippen LogP contribution in [0.1, 0.15) is 19.8 Å². The summed E-state index contributed by atoms with van der Waals surface area (Å²) in [5, 5.41) is 27.1. The van der Waals surface area contributed by atoms with Crippen molar-refractivity contribution in [2.45, 2.75) is 37.7 Å². The Morgan fingerprint density at radius 2 is 2.13 bits per heavy atom. The van der Waals surface area contributed by atoms with Crippen LogP contribution in [-0.4, -0.2) is 72.2 Å². The van der Waals surface area contributed by atoms with E-state index in [1.165, 1.54) is 0 Å². The smallest absolute Gasteiger partial charge is 0.451 e. The van der Waals surface area contributed by atoms with Crippen LogP contribution in [0.5, 0.6) is 0 Å². The summed E-state index contributed by atoms with van der Waals surface area (Å²) >= 11 is 0. The number of nitrogens with two attached hydrogens (primary N) is 2. The van der Waals surface area contributed by atoms with Crippen LogP contribution < -0.4 is 16.2 Å². The molecule has 1 saturated heterocycles. The molecule has 0 radical (unpaired) electrons. The second-order valence-electron chi connectivity index (χ2n) is 6.08. The number of carboxylic acid groups (broad SMARTS) is 1. The molecule has 1 heterocycles. The molecule has 1 aliphatic rings. The highest BCUT2D eigenvalue weighted by molar-refractivity contribution is 7.87. The van der Waals surface area contributed by atoms with Gasteiger partial charge in [-0.1, -0.05) is 6.42 Å². The van der Waals surface area contributed by atoms with Gasteiger partial charge in [-0.3, -0.25) is 4.79 Å². The van der Waals surface area contributed by atoms with Gasteiger partial charge < -0.3 is 26.6 Å². The van der Waals surface area contributed by atoms with E-state index >= 15 is 0 Å². The second kappa shape index (κ2) is 7.88. The number of rotatable bonds is 9. The molecule has 1 fully saturated rings. The van der Waals surface area contributed by atoms with E-state index in [9.17, 15) is 18.3 Å². The molecule has 23 heavy (non-hydrogen) atoms. The van der Waals surface area contributed by atoms with Gasteiger partial charge in [0.25, 0.3) is 10.2 Å². The molecule has 0 bridgehead atoms. The minimum Gasteiger partial charge on any atom is -0.480 e. The van der Waals surface area contributed by atoms with Gasteiger partial charge in [-0.05, 0) is 19.7 Å². The van der Waals surface area contributed by atoms with Crippen LogP contribution in [0.4, 0.5) is 0 Å². The molecule has 1 rings (SSSR count). The topological polar surface area (TPSA) is 179 Å². The molecule has 0 amide bonds. The predicted molar refractivity (Wildman–Crippen MR) is 84.4 cm³/mol. The van der Waals surface area contributed by atoms with Gasteiger partial charge in [-0.2, -0.15) is 12.7 Å². The molecule has 12 heteroatoms. The summed E-state index contributed by atoms with van der Waals surface area (Å²) in [6, 6.07) is -0.378. The fraction of sp³-hybridized carbons (Fsp3) is 0.909. The van der Waals surface area contributed by atoms with Crippen LogP contribution in [0, 0.1) is 5.92 Å². The van der Waals surface area contributed by atoms with Crippen LogP contribution in [0.2, 0.25) is 6.32 Å². The Morgan fingerprint density at radius 1 is 1.52 bits per heavy atom. The lowest BCUT2D eigenvalue weighted by Gasteiger charge is -2.25. The van der Waals surface area contributed by atoms with Gasteiger partial charge in [0, 0.05) is 31.6 Å². The normalized spacial score (nSPS) is 27.1. The lowest BCUT2D eigenvalue weighted by molar-refractivity contribution is -0.144. The monoisotopic (exact) mass is 352 g/mol. The number of nitrogens with one attached hydrogen (secondary N) is 1. The van der Waals surface area contributed by atoms with Crippen LogP contribution in [0.15, 0.2) is 0 Å². The van der Waals surface area contributed by atoms with E-state index in [4.69, 9.17) is 21.5 Å². The van der Waals surface area contributed by atoms with Crippen molar-refractivity contribution in [2.24, 2.45) is 17.4 Å². The molecule has 0 unspecified atom stereocenters. The van der Waals surface area contributed by atoms with E-state index in [2.05, 4.69) is 4.72 Å². The third kappa shape index (κ3) is 5.38. The number of aliphatic carboxylic acids is 1. The molecule has 8 N–H and O–H groups in total. The summed E-state index contributed by atoms with van der Waals surface area (Å²) in [6.07, 6.45) is 0.678. The average molecular weight is 352 g/mol. The maximum atomic E-state index is 12.2. The summed E-state index contributed by atoms with van der Waals surface area (Å²) < 4.78 is 27.7. The largest absolute Gasteiger partial charge is 0.480 e. The third-order valence-electron chi connectivity index (χ3n) is 3.93. The summed E-state index contributed by atoms with van der Waals surface area (Å²) in [4.78, 5) is 11.5. The van der Waals surface area contributed by atoms with Crippen molar-refractivity contribution in [1.29, 1.82) is 0 Å². The first kappa shape index (κ1) is 20.3. The minimum absolute atomic E-state index is 0.0326. The molecule has 0 aromatic heterocycles. The van der Waals surface area contributed by atoms with Crippen molar-refractivity contribution in [2.75, 3.05) is 19.6 Å². The number of carboxylic acids is 1. The molecule has 0 saturated carbocycles. The Labute approximate surface area is 136 Å². The zero-order chi connectivity index (χ0) is 17.8. The van der Waals surface area contributed by atoms with Crippen LogP contribution in [0.25, 0.3) is 0 Å². The van der Waals surface area contributed by atoms with Crippen LogP contribution in [-0.2, 0) is 15.0 Å². The van der Waals surface area contributed by atoms with Crippen molar-refractivity contribution >= 4 is 23.3 Å². The molecule has 1 aliphatic heterocycles. The van der Waals surface area contributed by atoms with Gasteiger partial charge in [-0.15, -0.1) is 0 Å². The molecule has 0 aliphatic carbocycles. The van der Waals surface area contributed by atoms with Crippen LogP contribution >= 0.6 is 0 Å². The van der Waals surface area contributed by atoms with Crippen molar-refractivity contribution < 1.29 is 28.4 Å². The van der Waals surface area contributed by atoms with Crippen molar-refractivity contribution in [1.82, 2.24) is 9.03 Å². The summed E-state index contributed by atoms with van der Waals surface area (Å²) in [6.45, 7) is 1.28. The van der Waals surface area contributed by atoms with Crippen LogP contribution in [0.3, 0.4) is 0 Å². The third-order valence-corrected chi connectivity index (χ3v) is 5.42. The second-order valence-corrected chi connectivity index (χ2v) is 7.83. The van der Waals surface area contributed by atoms with Crippen molar-refractivity contribution in [3.05, 3.63) is 0 Å². The summed E-state index contributed by atoms with van der Waals surface area (Å²) in [5.74, 6) is -1.90. The molecule has 0 aromatic carbocycles. The molecular formula is C11H25BN4O6S. The standard InChI is InChI=1S/C11H25BN4O6S/c1-8(13)5-15-23(21,22)16-6-9(3-2-4-12(19)20)11(14,7-16)10(17)18/h8-9,15,19-20H,2-7,13-14H2,1H3,(H,17,18)/t8-,9+,11-/m0/s1. The average Bonchev–Trinajstić information content (AvgIpc) is 2.76. The zero-order valence-electron chi connectivity index (χ0n) is 13.1. The highest BCUT2D eigenvalue weighted by Gasteiger charge is 2.52. The summed E-state index contributed by atoms with van der Waals surface area (Å²) in [5.41, 5.74) is 9.73. The van der Waals surface area contributed by atoms with Gasteiger partial charge >= 0.3 is 13.1 Å². The fourth-order valence-electron chi connectivity index (χ4n) is 2.54. The first-order chi connectivity index (χ1) is 10.5. The highest BCUT2D eigenvalue weighted by atomic mass is 32.2. The van der Waals surface area contributed by atoms with Crippen molar-refractivity contribution in [3.8, 4) is 0 Å². The fourth-order valence-corrected chi connectivity index (χ4v) is 3.96. The number of carbonyl (C=O) groups is 1. The lowest BCUT2D eigenvalue weighted by atomic mass is 9.78. The molecule has 3 atom stereocenters. The van der Waals surface area contributed by atoms with Gasteiger partial charge in [0.05, 0.1) is 0 Å². The van der Waals surface area contributed by atoms with E-state index in [1.54, 1.807) is 6.92 Å².